The van der Waals surface area contributed by atoms with Gasteiger partial charge in [0.15, 0.2) is 0 Å². The van der Waals surface area contributed by atoms with E-state index in [0.29, 0.717) is 6.04 Å². The summed E-state index contributed by atoms with van der Waals surface area (Å²) in [5.41, 5.74) is 1.32. The Labute approximate surface area is 122 Å². The largest absolute Gasteiger partial charge is 0.494 e. The molecule has 1 atom stereocenters. The summed E-state index contributed by atoms with van der Waals surface area (Å²) >= 11 is 1.98. The van der Waals surface area contributed by atoms with Crippen molar-refractivity contribution >= 4 is 11.8 Å². The van der Waals surface area contributed by atoms with Gasteiger partial charge in [-0.25, -0.2) is 0 Å². The van der Waals surface area contributed by atoms with Crippen molar-refractivity contribution in [3.05, 3.63) is 29.8 Å². The van der Waals surface area contributed by atoms with Crippen LogP contribution in [-0.2, 0) is 6.54 Å². The maximum absolute atomic E-state index is 5.66. The molecule has 0 saturated heterocycles. The Morgan fingerprint density at radius 1 is 1.21 bits per heavy atom. The van der Waals surface area contributed by atoms with Crippen LogP contribution in [0.2, 0.25) is 0 Å². The molecule has 1 N–H and O–H groups in total. The van der Waals surface area contributed by atoms with Crippen LogP contribution in [0.1, 0.15) is 39.2 Å². The first kappa shape index (κ1) is 16.4. The van der Waals surface area contributed by atoms with E-state index in [2.05, 4.69) is 50.4 Å². The molecule has 0 aromatic heterocycles. The molecule has 0 fully saturated rings. The summed E-state index contributed by atoms with van der Waals surface area (Å²) in [5, 5.41) is 3.54. The highest BCUT2D eigenvalue weighted by atomic mass is 32.2. The summed E-state index contributed by atoms with van der Waals surface area (Å²) < 4.78 is 5.66. The molecule has 1 aromatic carbocycles. The van der Waals surface area contributed by atoms with Gasteiger partial charge in [0.1, 0.15) is 5.75 Å². The molecule has 19 heavy (non-hydrogen) atoms. The molecule has 2 nitrogen and oxygen atoms in total. The van der Waals surface area contributed by atoms with E-state index in [0.717, 1.165) is 25.3 Å². The Morgan fingerprint density at radius 2 is 1.95 bits per heavy atom. The number of hydrogen-bond acceptors (Lipinski definition) is 3. The molecule has 0 saturated carbocycles. The zero-order valence-corrected chi connectivity index (χ0v) is 13.3. The molecule has 1 aromatic rings. The van der Waals surface area contributed by atoms with Gasteiger partial charge in [-0.3, -0.25) is 0 Å². The third-order valence-electron chi connectivity index (χ3n) is 2.92. The highest BCUT2D eigenvalue weighted by Gasteiger charge is 2.01. The molecule has 0 aliphatic heterocycles. The minimum absolute atomic E-state index is 0.561. The predicted molar refractivity (Wildman–Crippen MR) is 86.1 cm³/mol. The van der Waals surface area contributed by atoms with Crippen LogP contribution in [0.3, 0.4) is 0 Å². The lowest BCUT2D eigenvalue weighted by atomic mass is 10.2. The van der Waals surface area contributed by atoms with Gasteiger partial charge in [0, 0.05) is 18.3 Å². The highest BCUT2D eigenvalue weighted by Crippen LogP contribution is 2.13. The molecule has 108 valence electrons. The van der Waals surface area contributed by atoms with Gasteiger partial charge in [-0.1, -0.05) is 32.4 Å². The Bertz CT molecular complexity index is 326. The number of unbranched alkanes of at least 4 members (excludes halogenated alkanes) is 1. The second-order valence-electron chi connectivity index (χ2n) is 4.79. The zero-order chi connectivity index (χ0) is 13.9. The lowest BCUT2D eigenvalue weighted by Crippen LogP contribution is -2.27. The fourth-order valence-corrected chi connectivity index (χ4v) is 2.39. The SMILES string of the molecule is CCCCOc1ccc(CNC(C)CSCC)cc1. The molecule has 0 amide bonds. The highest BCUT2D eigenvalue weighted by molar-refractivity contribution is 7.99. The first-order valence-electron chi connectivity index (χ1n) is 7.29. The van der Waals surface area contributed by atoms with Crippen LogP contribution in [-0.4, -0.2) is 24.2 Å². The average Bonchev–Trinajstić information content (AvgIpc) is 2.44. The van der Waals surface area contributed by atoms with E-state index >= 15 is 0 Å². The molecular weight excluding hydrogens is 254 g/mol. The standard InChI is InChI=1S/C16H27NOS/c1-4-6-11-18-16-9-7-15(8-10-16)12-17-14(3)13-19-5-2/h7-10,14,17H,4-6,11-13H2,1-3H3. The van der Waals surface area contributed by atoms with Crippen molar-refractivity contribution in [3.8, 4) is 5.75 Å². The average molecular weight is 281 g/mol. The molecule has 0 heterocycles. The van der Waals surface area contributed by atoms with Gasteiger partial charge in [0.2, 0.25) is 0 Å². The fourth-order valence-electron chi connectivity index (χ4n) is 1.68. The van der Waals surface area contributed by atoms with E-state index in [1.54, 1.807) is 0 Å². The minimum Gasteiger partial charge on any atom is -0.494 e. The third kappa shape index (κ3) is 7.48. The monoisotopic (exact) mass is 281 g/mol. The van der Waals surface area contributed by atoms with Crippen molar-refractivity contribution < 1.29 is 4.74 Å². The van der Waals surface area contributed by atoms with Crippen LogP contribution in [0.5, 0.6) is 5.75 Å². The number of benzene rings is 1. The van der Waals surface area contributed by atoms with Gasteiger partial charge in [0.25, 0.3) is 0 Å². The van der Waals surface area contributed by atoms with Crippen molar-refractivity contribution in [3.63, 3.8) is 0 Å². The summed E-state index contributed by atoms with van der Waals surface area (Å²) in [6.45, 7) is 8.37. The Balaban J connectivity index is 2.27. The Kier molecular flexibility index (Phi) is 8.76. The number of rotatable bonds is 10. The summed E-state index contributed by atoms with van der Waals surface area (Å²) in [6, 6.07) is 8.99. The lowest BCUT2D eigenvalue weighted by molar-refractivity contribution is 0.309. The van der Waals surface area contributed by atoms with Crippen LogP contribution in [0.15, 0.2) is 24.3 Å². The van der Waals surface area contributed by atoms with Gasteiger partial charge >= 0.3 is 0 Å². The molecular formula is C16H27NOS. The number of hydrogen-bond donors (Lipinski definition) is 1. The van der Waals surface area contributed by atoms with E-state index in [4.69, 9.17) is 4.74 Å². The number of ether oxygens (including phenoxy) is 1. The van der Waals surface area contributed by atoms with Crippen LogP contribution in [0, 0.1) is 0 Å². The summed E-state index contributed by atoms with van der Waals surface area (Å²) in [6.07, 6.45) is 2.30. The molecule has 1 rings (SSSR count). The minimum atomic E-state index is 0.561. The Hall–Kier alpha value is -0.670. The molecule has 0 aliphatic rings. The van der Waals surface area contributed by atoms with Crippen molar-refractivity contribution in [1.29, 1.82) is 0 Å². The molecule has 1 unspecified atom stereocenters. The molecule has 0 spiro atoms. The van der Waals surface area contributed by atoms with Crippen LogP contribution in [0.25, 0.3) is 0 Å². The molecule has 0 radical (unpaired) electrons. The maximum Gasteiger partial charge on any atom is 0.119 e. The van der Waals surface area contributed by atoms with E-state index < -0.39 is 0 Å². The maximum atomic E-state index is 5.66. The van der Waals surface area contributed by atoms with E-state index in [9.17, 15) is 0 Å². The third-order valence-corrected chi connectivity index (χ3v) is 4.06. The second kappa shape index (κ2) is 10.2. The van der Waals surface area contributed by atoms with Gasteiger partial charge in [-0.15, -0.1) is 0 Å². The number of nitrogens with one attached hydrogen (secondary N) is 1. The lowest BCUT2D eigenvalue weighted by Gasteiger charge is -2.13. The normalized spacial score (nSPS) is 12.4. The first-order valence-corrected chi connectivity index (χ1v) is 8.44. The Morgan fingerprint density at radius 3 is 2.58 bits per heavy atom. The summed E-state index contributed by atoms with van der Waals surface area (Å²) in [5.74, 6) is 3.34. The summed E-state index contributed by atoms with van der Waals surface area (Å²) in [7, 11) is 0. The molecule has 0 bridgehead atoms. The summed E-state index contributed by atoms with van der Waals surface area (Å²) in [4.78, 5) is 0. The molecule has 0 aliphatic carbocycles. The first-order chi connectivity index (χ1) is 9.26. The topological polar surface area (TPSA) is 21.3 Å². The van der Waals surface area contributed by atoms with Crippen LogP contribution in [0.4, 0.5) is 0 Å². The van der Waals surface area contributed by atoms with Crippen molar-refractivity contribution in [2.24, 2.45) is 0 Å². The van der Waals surface area contributed by atoms with Gasteiger partial charge in [-0.2, -0.15) is 11.8 Å². The van der Waals surface area contributed by atoms with Crippen molar-refractivity contribution in [2.45, 2.75) is 46.2 Å². The van der Waals surface area contributed by atoms with Crippen LogP contribution >= 0.6 is 11.8 Å². The van der Waals surface area contributed by atoms with E-state index in [1.165, 1.54) is 23.5 Å². The fraction of sp³-hybridized carbons (Fsp3) is 0.625. The van der Waals surface area contributed by atoms with E-state index in [-0.39, 0.29) is 0 Å². The van der Waals surface area contributed by atoms with Gasteiger partial charge in [-0.05, 0) is 36.8 Å². The smallest absolute Gasteiger partial charge is 0.119 e. The number of thioether (sulfide) groups is 1. The predicted octanol–water partition coefficient (Wildman–Crippen LogP) is 4.10. The van der Waals surface area contributed by atoms with Crippen molar-refractivity contribution in [2.75, 3.05) is 18.1 Å². The van der Waals surface area contributed by atoms with E-state index in [1.807, 2.05) is 11.8 Å². The quantitative estimate of drug-likeness (QED) is 0.653. The van der Waals surface area contributed by atoms with Gasteiger partial charge < -0.3 is 10.1 Å². The van der Waals surface area contributed by atoms with Gasteiger partial charge in [0.05, 0.1) is 6.61 Å². The molecule has 3 heteroatoms. The second-order valence-corrected chi connectivity index (χ2v) is 6.11. The zero-order valence-electron chi connectivity index (χ0n) is 12.4. The van der Waals surface area contributed by atoms with Crippen molar-refractivity contribution in [1.82, 2.24) is 5.32 Å². The van der Waals surface area contributed by atoms with Crippen LogP contribution < -0.4 is 10.1 Å².